The summed E-state index contributed by atoms with van der Waals surface area (Å²) >= 11 is 12.3. The van der Waals surface area contributed by atoms with Gasteiger partial charge in [0.1, 0.15) is 17.1 Å². The van der Waals surface area contributed by atoms with Crippen LogP contribution in [0.1, 0.15) is 37.5 Å². The van der Waals surface area contributed by atoms with E-state index in [-0.39, 0.29) is 18.0 Å². The second-order valence-electron chi connectivity index (χ2n) is 10.4. The molecule has 1 amide bonds. The Hall–Kier alpha value is -3.47. The van der Waals surface area contributed by atoms with E-state index >= 15 is 4.39 Å². The number of aromatic amines is 1. The monoisotopic (exact) mass is 605 g/mol. The molecule has 0 radical (unpaired) electrons. The number of halogens is 3. The van der Waals surface area contributed by atoms with E-state index < -0.39 is 32.4 Å². The zero-order valence-corrected chi connectivity index (χ0v) is 24.2. The molecule has 0 saturated carbocycles. The van der Waals surface area contributed by atoms with E-state index in [0.29, 0.717) is 34.0 Å². The van der Waals surface area contributed by atoms with Gasteiger partial charge in [0, 0.05) is 24.7 Å². The molecule has 0 bridgehead atoms. The van der Waals surface area contributed by atoms with Crippen LogP contribution in [0, 0.1) is 5.82 Å². The zero-order chi connectivity index (χ0) is 28.8. The van der Waals surface area contributed by atoms with Gasteiger partial charge >= 0.3 is 6.09 Å². The number of carbonyl (C=O) groups excluding carboxylic acids is 1. The van der Waals surface area contributed by atoms with Crippen molar-refractivity contribution in [1.29, 1.82) is 0 Å². The van der Waals surface area contributed by atoms with Crippen LogP contribution >= 0.6 is 23.2 Å². The molecule has 40 heavy (non-hydrogen) atoms. The Morgan fingerprint density at radius 2 is 1.82 bits per heavy atom. The summed E-state index contributed by atoms with van der Waals surface area (Å²) in [5.74, 6) is -1.25. The normalized spacial score (nSPS) is 13.4. The number of fused-ring (bicyclic) bond motifs is 2. The first-order valence-corrected chi connectivity index (χ1v) is 14.5. The zero-order valence-electron chi connectivity index (χ0n) is 21.8. The lowest BCUT2D eigenvalue weighted by Crippen LogP contribution is -2.33. The molecule has 2 heterocycles. The summed E-state index contributed by atoms with van der Waals surface area (Å²) in [6.45, 7) is 6.25. The summed E-state index contributed by atoms with van der Waals surface area (Å²) in [6, 6.07) is 12.5. The molecule has 0 saturated heterocycles. The number of hydrogen-bond donors (Lipinski definition) is 2. The Labute approximate surface area is 241 Å². The maximum atomic E-state index is 15.4. The lowest BCUT2D eigenvalue weighted by molar-refractivity contribution is 0.0242. The SMILES string of the molecule is CC(C)(C)OC(=O)N1Cc2ccc(COc3cccc(S(=O)(=O)Nc4ccc(Cl)c5c(Cl)c[nH]c45)c3F)cc2C1. The Balaban J connectivity index is 1.31. The summed E-state index contributed by atoms with van der Waals surface area (Å²) < 4.78 is 55.3. The van der Waals surface area contributed by atoms with Gasteiger partial charge in [-0.25, -0.2) is 17.6 Å². The molecule has 0 aliphatic carbocycles. The number of rotatable bonds is 6. The van der Waals surface area contributed by atoms with Gasteiger partial charge in [0.05, 0.1) is 21.2 Å². The molecule has 3 aromatic carbocycles. The maximum absolute atomic E-state index is 15.4. The molecular weight excluding hydrogens is 580 g/mol. The highest BCUT2D eigenvalue weighted by atomic mass is 35.5. The smallest absolute Gasteiger partial charge is 0.410 e. The van der Waals surface area contributed by atoms with Crippen molar-refractivity contribution in [2.75, 3.05) is 4.72 Å². The first kappa shape index (κ1) is 28.1. The van der Waals surface area contributed by atoms with Gasteiger partial charge in [-0.15, -0.1) is 0 Å². The van der Waals surface area contributed by atoms with Crippen molar-refractivity contribution in [3.63, 3.8) is 0 Å². The molecule has 12 heteroatoms. The minimum Gasteiger partial charge on any atom is -0.486 e. The predicted octanol–water partition coefficient (Wildman–Crippen LogP) is 7.24. The van der Waals surface area contributed by atoms with Crippen LogP contribution in [0.25, 0.3) is 10.9 Å². The van der Waals surface area contributed by atoms with Crippen LogP contribution < -0.4 is 9.46 Å². The quantitative estimate of drug-likeness (QED) is 0.241. The van der Waals surface area contributed by atoms with Crippen LogP contribution in [0.5, 0.6) is 5.75 Å². The summed E-state index contributed by atoms with van der Waals surface area (Å²) in [4.78, 5) is 16.4. The second-order valence-corrected chi connectivity index (χ2v) is 12.8. The number of nitrogens with zero attached hydrogens (tertiary/aromatic N) is 1. The number of ether oxygens (including phenoxy) is 2. The lowest BCUT2D eigenvalue weighted by Gasteiger charge is -2.24. The van der Waals surface area contributed by atoms with Gasteiger partial charge < -0.3 is 14.5 Å². The van der Waals surface area contributed by atoms with Crippen molar-refractivity contribution in [3.05, 3.63) is 87.3 Å². The van der Waals surface area contributed by atoms with Crippen molar-refractivity contribution in [1.82, 2.24) is 9.88 Å². The van der Waals surface area contributed by atoms with Crippen molar-refractivity contribution in [3.8, 4) is 5.75 Å². The average Bonchev–Trinajstić information content (AvgIpc) is 3.48. The minimum absolute atomic E-state index is 0.00759. The van der Waals surface area contributed by atoms with Crippen molar-refractivity contribution < 1.29 is 27.1 Å². The lowest BCUT2D eigenvalue weighted by atomic mass is 10.1. The first-order valence-electron chi connectivity index (χ1n) is 12.3. The molecule has 1 aliphatic heterocycles. The molecule has 5 rings (SSSR count). The average molecular weight is 607 g/mol. The second kappa shape index (κ2) is 10.5. The molecule has 2 N–H and O–H groups in total. The van der Waals surface area contributed by atoms with E-state index in [1.807, 2.05) is 39.0 Å². The van der Waals surface area contributed by atoms with Gasteiger partial charge in [-0.3, -0.25) is 9.62 Å². The summed E-state index contributed by atoms with van der Waals surface area (Å²) in [5, 5.41) is 1.12. The third-order valence-corrected chi connectivity index (χ3v) is 8.23. The van der Waals surface area contributed by atoms with Crippen LogP contribution in [-0.4, -0.2) is 30.0 Å². The number of anilines is 1. The Morgan fingerprint density at radius 1 is 1.07 bits per heavy atom. The number of hydrogen-bond acceptors (Lipinski definition) is 5. The van der Waals surface area contributed by atoms with E-state index in [1.54, 1.807) is 4.90 Å². The summed E-state index contributed by atoms with van der Waals surface area (Å²) in [7, 11) is -4.34. The fraction of sp³-hybridized carbons (Fsp3) is 0.250. The van der Waals surface area contributed by atoms with Gasteiger partial charge in [0.15, 0.2) is 11.6 Å². The molecule has 0 atom stereocenters. The topological polar surface area (TPSA) is 101 Å². The summed E-state index contributed by atoms with van der Waals surface area (Å²) in [5.41, 5.74) is 2.60. The number of aromatic nitrogens is 1. The van der Waals surface area contributed by atoms with E-state index in [9.17, 15) is 13.2 Å². The van der Waals surface area contributed by atoms with Crippen molar-refractivity contribution in [2.24, 2.45) is 0 Å². The minimum atomic E-state index is -4.34. The Morgan fingerprint density at radius 3 is 2.58 bits per heavy atom. The molecule has 8 nitrogen and oxygen atoms in total. The number of H-pyrrole nitrogens is 1. The van der Waals surface area contributed by atoms with Crippen LogP contribution in [-0.2, 0) is 34.5 Å². The number of nitrogens with one attached hydrogen (secondary N) is 2. The van der Waals surface area contributed by atoms with Gasteiger partial charge in [-0.05, 0) is 61.7 Å². The molecule has 1 aliphatic rings. The predicted molar refractivity (Wildman–Crippen MR) is 152 cm³/mol. The largest absolute Gasteiger partial charge is 0.486 e. The fourth-order valence-corrected chi connectivity index (χ4v) is 6.14. The molecule has 210 valence electrons. The molecule has 0 fully saturated rings. The van der Waals surface area contributed by atoms with Gasteiger partial charge in [-0.2, -0.15) is 0 Å². The summed E-state index contributed by atoms with van der Waals surface area (Å²) in [6.07, 6.45) is 1.09. The third kappa shape index (κ3) is 5.70. The van der Waals surface area contributed by atoms with Crippen LogP contribution in [0.2, 0.25) is 10.0 Å². The number of benzene rings is 3. The number of carbonyl (C=O) groups is 1. The molecule has 0 spiro atoms. The molecule has 0 unspecified atom stereocenters. The van der Waals surface area contributed by atoms with E-state index in [1.165, 1.54) is 30.5 Å². The maximum Gasteiger partial charge on any atom is 0.410 e. The van der Waals surface area contributed by atoms with E-state index in [4.69, 9.17) is 32.7 Å². The van der Waals surface area contributed by atoms with Gasteiger partial charge in [0.25, 0.3) is 10.0 Å². The Kier molecular flexibility index (Phi) is 7.37. The van der Waals surface area contributed by atoms with Crippen LogP contribution in [0.4, 0.5) is 14.9 Å². The molecular formula is C28H26Cl2FN3O5S. The fourth-order valence-electron chi connectivity index (χ4n) is 4.42. The highest BCUT2D eigenvalue weighted by Gasteiger charge is 2.28. The highest BCUT2D eigenvalue weighted by Crippen LogP contribution is 2.36. The highest BCUT2D eigenvalue weighted by molar-refractivity contribution is 7.92. The first-order chi connectivity index (χ1) is 18.8. The van der Waals surface area contributed by atoms with Gasteiger partial charge in [0.2, 0.25) is 0 Å². The van der Waals surface area contributed by atoms with E-state index in [2.05, 4.69) is 9.71 Å². The van der Waals surface area contributed by atoms with Crippen molar-refractivity contribution in [2.45, 2.75) is 51.0 Å². The van der Waals surface area contributed by atoms with Crippen molar-refractivity contribution >= 4 is 55.9 Å². The molecule has 4 aromatic rings. The van der Waals surface area contributed by atoms with Crippen LogP contribution in [0.3, 0.4) is 0 Å². The van der Waals surface area contributed by atoms with Gasteiger partial charge in [-0.1, -0.05) is 47.5 Å². The number of amides is 1. The number of sulfonamides is 1. The Bertz CT molecular complexity index is 1730. The standard InChI is InChI=1S/C28H26Cl2FN3O5S/c1-28(2,3)39-27(35)34-13-17-8-7-16(11-18(17)14-34)15-38-22-5-4-6-23(25(22)31)40(36,37)33-21-10-9-19(29)24-20(30)12-32-26(21)24/h4-12,32-33H,13-15H2,1-3H3. The third-order valence-electron chi connectivity index (χ3n) is 6.24. The van der Waals surface area contributed by atoms with E-state index in [0.717, 1.165) is 22.8 Å². The molecule has 1 aromatic heterocycles. The van der Waals surface area contributed by atoms with Crippen LogP contribution in [0.15, 0.2) is 59.6 Å².